The summed E-state index contributed by atoms with van der Waals surface area (Å²) in [7, 11) is 0. The fraction of sp³-hybridized carbons (Fsp3) is 0.524. The molecule has 3 heterocycles. The van der Waals surface area contributed by atoms with Crippen LogP contribution in [0.3, 0.4) is 0 Å². The van der Waals surface area contributed by atoms with Gasteiger partial charge in [-0.3, -0.25) is 0 Å². The van der Waals surface area contributed by atoms with Crippen molar-refractivity contribution in [2.45, 2.75) is 44.2 Å². The molecular formula is C21H25Cl3FN5O. The van der Waals surface area contributed by atoms with E-state index >= 15 is 0 Å². The lowest BCUT2D eigenvalue weighted by Gasteiger charge is -2.33. The zero-order valence-corrected chi connectivity index (χ0v) is 19.4. The first-order valence-electron chi connectivity index (χ1n) is 10.4. The highest BCUT2D eigenvalue weighted by molar-refractivity contribution is 6.35. The Morgan fingerprint density at radius 3 is 2.65 bits per heavy atom. The number of hydrogen-bond acceptors (Lipinski definition) is 6. The molecule has 1 aromatic heterocycles. The molecule has 2 aliphatic rings. The third-order valence-electron chi connectivity index (χ3n) is 5.69. The molecule has 2 aromatic rings. The summed E-state index contributed by atoms with van der Waals surface area (Å²) in [5.74, 6) is 1.14. The van der Waals surface area contributed by atoms with Gasteiger partial charge in [0.15, 0.2) is 5.82 Å². The molecule has 3 atom stereocenters. The smallest absolute Gasteiger partial charge is 0.227 e. The van der Waals surface area contributed by atoms with Crippen molar-refractivity contribution in [1.29, 1.82) is 0 Å². The van der Waals surface area contributed by atoms with Gasteiger partial charge in [-0.25, -0.2) is 9.37 Å². The Hall–Kier alpha value is -1.38. The molecule has 0 radical (unpaired) electrons. The third kappa shape index (κ3) is 5.52. The average molecular weight is 489 g/mol. The summed E-state index contributed by atoms with van der Waals surface area (Å²) in [4.78, 5) is 11.1. The number of rotatable bonds is 6. The van der Waals surface area contributed by atoms with E-state index in [1.165, 1.54) is 0 Å². The maximum absolute atomic E-state index is 13.8. The largest absolute Gasteiger partial charge is 0.370 e. The molecule has 0 aliphatic carbocycles. The molecule has 2 aliphatic heterocycles. The Morgan fingerprint density at radius 2 is 1.97 bits per heavy atom. The minimum atomic E-state index is -0.928. The molecule has 0 saturated carbocycles. The Balaban J connectivity index is 1.39. The van der Waals surface area contributed by atoms with Gasteiger partial charge in [-0.1, -0.05) is 40.9 Å². The van der Waals surface area contributed by atoms with Crippen molar-refractivity contribution >= 4 is 46.6 Å². The van der Waals surface area contributed by atoms with Crippen molar-refractivity contribution in [3.8, 4) is 0 Å². The van der Waals surface area contributed by atoms with E-state index in [9.17, 15) is 4.39 Å². The number of piperidine rings is 1. The molecule has 0 bridgehead atoms. The maximum atomic E-state index is 13.8. The van der Waals surface area contributed by atoms with Crippen LogP contribution in [-0.4, -0.2) is 54.5 Å². The van der Waals surface area contributed by atoms with Crippen molar-refractivity contribution in [2.75, 3.05) is 36.4 Å². The maximum Gasteiger partial charge on any atom is 0.227 e. The van der Waals surface area contributed by atoms with Gasteiger partial charge in [-0.2, -0.15) is 4.98 Å². The van der Waals surface area contributed by atoms with Gasteiger partial charge in [0.25, 0.3) is 0 Å². The molecule has 2 fully saturated rings. The SMILES string of the molecule is C[C@@H](Nc1nc(N2CCC(O[C@@H]3CNC[C@@H]3F)CC2)ncc1Cl)c1ccc(Cl)cc1Cl. The molecule has 2 saturated heterocycles. The summed E-state index contributed by atoms with van der Waals surface area (Å²) >= 11 is 18.7. The minimum Gasteiger partial charge on any atom is -0.370 e. The van der Waals surface area contributed by atoms with Crippen LogP contribution in [0.2, 0.25) is 15.1 Å². The predicted molar refractivity (Wildman–Crippen MR) is 123 cm³/mol. The molecule has 0 unspecified atom stereocenters. The minimum absolute atomic E-state index is 0.0522. The van der Waals surface area contributed by atoms with E-state index in [0.717, 1.165) is 31.5 Å². The molecule has 10 heteroatoms. The standard InChI is InChI=1S/C21H25Cl3FN5O/c1-12(15-3-2-13(22)8-16(15)23)28-20-17(24)9-27-21(29-20)30-6-4-14(5-7-30)31-19-11-26-10-18(19)25/h2-3,8-9,12,14,18-19,26H,4-7,10-11H2,1H3,(H,27,28,29)/t12-,18+,19-/m1/s1. The third-order valence-corrected chi connectivity index (χ3v) is 6.53. The molecule has 2 N–H and O–H groups in total. The monoisotopic (exact) mass is 487 g/mol. The van der Waals surface area contributed by atoms with Crippen LogP contribution >= 0.6 is 34.8 Å². The van der Waals surface area contributed by atoms with Crippen LogP contribution in [0.1, 0.15) is 31.4 Å². The number of benzene rings is 1. The lowest BCUT2D eigenvalue weighted by molar-refractivity contribution is -0.0404. The Morgan fingerprint density at radius 1 is 1.19 bits per heavy atom. The first kappa shape index (κ1) is 22.8. The van der Waals surface area contributed by atoms with Gasteiger partial charge < -0.3 is 20.3 Å². The molecule has 4 rings (SSSR count). The zero-order chi connectivity index (χ0) is 22.0. The first-order chi connectivity index (χ1) is 14.9. The number of anilines is 2. The van der Waals surface area contributed by atoms with Gasteiger partial charge in [0.2, 0.25) is 5.95 Å². The normalized spacial score (nSPS) is 23.2. The van der Waals surface area contributed by atoms with Crippen LogP contribution in [-0.2, 0) is 4.74 Å². The Bertz CT molecular complexity index is 913. The highest BCUT2D eigenvalue weighted by atomic mass is 35.5. The second-order valence-corrected chi connectivity index (χ2v) is 9.18. The molecular weight excluding hydrogens is 464 g/mol. The van der Waals surface area contributed by atoms with Crippen LogP contribution in [0.5, 0.6) is 0 Å². The first-order valence-corrected chi connectivity index (χ1v) is 11.5. The van der Waals surface area contributed by atoms with Crippen LogP contribution in [0, 0.1) is 0 Å². The number of halogens is 4. The lowest BCUT2D eigenvalue weighted by atomic mass is 10.1. The zero-order valence-electron chi connectivity index (χ0n) is 17.1. The molecule has 168 valence electrons. The van der Waals surface area contributed by atoms with E-state index in [2.05, 4.69) is 25.5 Å². The van der Waals surface area contributed by atoms with Crippen molar-refractivity contribution in [3.63, 3.8) is 0 Å². The number of nitrogens with one attached hydrogen (secondary N) is 2. The molecule has 31 heavy (non-hydrogen) atoms. The van der Waals surface area contributed by atoms with E-state index in [1.807, 2.05) is 13.0 Å². The number of ether oxygens (including phenoxy) is 1. The van der Waals surface area contributed by atoms with E-state index in [4.69, 9.17) is 39.5 Å². The van der Waals surface area contributed by atoms with Gasteiger partial charge in [-0.15, -0.1) is 0 Å². The lowest BCUT2D eigenvalue weighted by Crippen LogP contribution is -2.40. The molecule has 0 amide bonds. The van der Waals surface area contributed by atoms with Gasteiger partial charge >= 0.3 is 0 Å². The number of alkyl halides is 1. The summed E-state index contributed by atoms with van der Waals surface area (Å²) in [5, 5.41) is 7.94. The van der Waals surface area contributed by atoms with E-state index < -0.39 is 6.17 Å². The van der Waals surface area contributed by atoms with E-state index in [1.54, 1.807) is 18.3 Å². The molecule has 1 aromatic carbocycles. The fourth-order valence-corrected chi connectivity index (χ4v) is 4.66. The highest BCUT2D eigenvalue weighted by Crippen LogP contribution is 2.31. The summed E-state index contributed by atoms with van der Waals surface area (Å²) in [5.41, 5.74) is 0.896. The topological polar surface area (TPSA) is 62.3 Å². The molecule has 6 nitrogen and oxygen atoms in total. The van der Waals surface area contributed by atoms with Crippen molar-refractivity contribution in [1.82, 2.24) is 15.3 Å². The van der Waals surface area contributed by atoms with Crippen LogP contribution in [0.25, 0.3) is 0 Å². The quantitative estimate of drug-likeness (QED) is 0.603. The summed E-state index contributed by atoms with van der Waals surface area (Å²) in [6, 6.07) is 5.26. The fourth-order valence-electron chi connectivity index (χ4n) is 3.94. The summed E-state index contributed by atoms with van der Waals surface area (Å²) in [6.07, 6.45) is 1.98. The van der Waals surface area contributed by atoms with Crippen molar-refractivity contribution in [3.05, 3.63) is 45.0 Å². The second kappa shape index (κ2) is 10.0. The number of aromatic nitrogens is 2. The highest BCUT2D eigenvalue weighted by Gasteiger charge is 2.31. The van der Waals surface area contributed by atoms with Crippen LogP contribution in [0.4, 0.5) is 16.2 Å². The van der Waals surface area contributed by atoms with Crippen molar-refractivity contribution in [2.24, 2.45) is 0 Å². The van der Waals surface area contributed by atoms with Crippen LogP contribution < -0.4 is 15.5 Å². The van der Waals surface area contributed by atoms with Crippen molar-refractivity contribution < 1.29 is 9.13 Å². The van der Waals surface area contributed by atoms with Gasteiger partial charge in [0.05, 0.1) is 18.3 Å². The van der Waals surface area contributed by atoms with Gasteiger partial charge in [0.1, 0.15) is 17.3 Å². The Labute approximate surface area is 196 Å². The van der Waals surface area contributed by atoms with E-state index in [0.29, 0.717) is 39.9 Å². The number of hydrogen-bond donors (Lipinski definition) is 2. The van der Waals surface area contributed by atoms with Gasteiger partial charge in [0, 0.05) is 36.2 Å². The van der Waals surface area contributed by atoms with E-state index in [-0.39, 0.29) is 18.2 Å². The van der Waals surface area contributed by atoms with Crippen LogP contribution in [0.15, 0.2) is 24.4 Å². The molecule has 0 spiro atoms. The average Bonchev–Trinajstić information content (AvgIpc) is 3.14. The number of nitrogens with zero attached hydrogens (tertiary/aromatic N) is 3. The summed E-state index contributed by atoms with van der Waals surface area (Å²) in [6.45, 7) is 4.40. The van der Waals surface area contributed by atoms with Gasteiger partial charge in [-0.05, 0) is 37.5 Å². The predicted octanol–water partition coefficient (Wildman–Crippen LogP) is 4.91. The summed E-state index contributed by atoms with van der Waals surface area (Å²) < 4.78 is 19.7. The second-order valence-electron chi connectivity index (χ2n) is 7.93. The Kier molecular flexibility index (Phi) is 7.39.